The summed E-state index contributed by atoms with van der Waals surface area (Å²) in [5.74, 6) is -0.304. The Balaban J connectivity index is 1.76. The lowest BCUT2D eigenvalue weighted by Crippen LogP contribution is -2.40. The summed E-state index contributed by atoms with van der Waals surface area (Å²) in [5, 5.41) is 2.92. The molecule has 1 fully saturated rings. The van der Waals surface area contributed by atoms with Crippen LogP contribution in [0.4, 0.5) is 0 Å². The summed E-state index contributed by atoms with van der Waals surface area (Å²) >= 11 is 0. The van der Waals surface area contributed by atoms with Crippen LogP contribution in [-0.2, 0) is 14.8 Å². The number of morpholine rings is 1. The van der Waals surface area contributed by atoms with Gasteiger partial charge in [-0.1, -0.05) is 35.9 Å². The lowest BCUT2D eigenvalue weighted by molar-refractivity contribution is 0.0730. The Labute approximate surface area is 160 Å². The molecule has 2 aromatic rings. The van der Waals surface area contributed by atoms with E-state index >= 15 is 0 Å². The lowest BCUT2D eigenvalue weighted by Gasteiger charge is -2.26. The molecule has 2 aromatic carbocycles. The van der Waals surface area contributed by atoms with Gasteiger partial charge < -0.3 is 10.1 Å². The predicted molar refractivity (Wildman–Crippen MR) is 103 cm³/mol. The molecule has 1 amide bonds. The number of sulfonamides is 1. The molecule has 1 atom stereocenters. The van der Waals surface area contributed by atoms with E-state index in [2.05, 4.69) is 5.32 Å². The maximum absolute atomic E-state index is 12.8. The molecule has 1 heterocycles. The van der Waals surface area contributed by atoms with E-state index in [9.17, 15) is 13.2 Å². The minimum atomic E-state index is -3.63. The van der Waals surface area contributed by atoms with Gasteiger partial charge in [-0.15, -0.1) is 0 Å². The standard InChI is InChI=1S/C20H24N2O4S/c1-15-6-8-17(9-7-15)16(2)21-20(23)18-4-3-5-19(14-18)27(24,25)22-10-12-26-13-11-22/h3-9,14,16H,10-13H2,1-2H3,(H,21,23)/t16-/m0/s1. The maximum atomic E-state index is 12.8. The molecule has 144 valence electrons. The smallest absolute Gasteiger partial charge is 0.251 e. The first-order valence-corrected chi connectivity index (χ1v) is 10.4. The van der Waals surface area contributed by atoms with Crippen LogP contribution in [0.15, 0.2) is 53.4 Å². The Morgan fingerprint density at radius 3 is 2.44 bits per heavy atom. The first-order valence-electron chi connectivity index (χ1n) is 8.93. The summed E-state index contributed by atoms with van der Waals surface area (Å²) in [7, 11) is -3.63. The molecule has 0 unspecified atom stereocenters. The summed E-state index contributed by atoms with van der Waals surface area (Å²) < 4.78 is 32.2. The molecule has 6 nitrogen and oxygen atoms in total. The van der Waals surface area contributed by atoms with Crippen molar-refractivity contribution in [3.05, 3.63) is 65.2 Å². The summed E-state index contributed by atoms with van der Waals surface area (Å²) in [6, 6.07) is 13.9. The molecule has 1 aliphatic rings. The molecule has 0 aromatic heterocycles. The van der Waals surface area contributed by atoms with Gasteiger partial charge in [0.15, 0.2) is 0 Å². The fourth-order valence-electron chi connectivity index (χ4n) is 2.95. The number of benzene rings is 2. The van der Waals surface area contributed by atoms with Crippen molar-refractivity contribution in [3.8, 4) is 0 Å². The van der Waals surface area contributed by atoms with E-state index in [0.29, 0.717) is 31.9 Å². The van der Waals surface area contributed by atoms with E-state index in [0.717, 1.165) is 11.1 Å². The van der Waals surface area contributed by atoms with Crippen LogP contribution in [0, 0.1) is 6.92 Å². The van der Waals surface area contributed by atoms with Crippen molar-refractivity contribution in [1.82, 2.24) is 9.62 Å². The number of nitrogens with one attached hydrogen (secondary N) is 1. The van der Waals surface area contributed by atoms with E-state index in [1.54, 1.807) is 12.1 Å². The second kappa shape index (κ2) is 8.21. The zero-order valence-electron chi connectivity index (χ0n) is 15.5. The second-order valence-corrected chi connectivity index (χ2v) is 8.59. The number of nitrogens with zero attached hydrogens (tertiary/aromatic N) is 1. The van der Waals surface area contributed by atoms with Gasteiger partial charge in [0.05, 0.1) is 24.2 Å². The van der Waals surface area contributed by atoms with Crippen molar-refractivity contribution < 1.29 is 17.9 Å². The Hall–Kier alpha value is -2.22. The van der Waals surface area contributed by atoms with E-state index in [1.807, 2.05) is 38.1 Å². The number of hydrogen-bond donors (Lipinski definition) is 1. The van der Waals surface area contributed by atoms with Gasteiger partial charge in [0.1, 0.15) is 0 Å². The molecular formula is C20H24N2O4S. The number of amides is 1. The van der Waals surface area contributed by atoms with Gasteiger partial charge in [-0.2, -0.15) is 4.31 Å². The highest BCUT2D eigenvalue weighted by Crippen LogP contribution is 2.19. The van der Waals surface area contributed by atoms with Crippen LogP contribution in [-0.4, -0.2) is 44.9 Å². The summed E-state index contributed by atoms with van der Waals surface area (Å²) in [5.41, 5.74) is 2.47. The average molecular weight is 388 g/mol. The monoisotopic (exact) mass is 388 g/mol. The van der Waals surface area contributed by atoms with Crippen LogP contribution in [0.2, 0.25) is 0 Å². The van der Waals surface area contributed by atoms with Crippen LogP contribution < -0.4 is 5.32 Å². The fraction of sp³-hybridized carbons (Fsp3) is 0.350. The first kappa shape index (κ1) is 19.5. The van der Waals surface area contributed by atoms with Crippen LogP contribution in [0.25, 0.3) is 0 Å². The van der Waals surface area contributed by atoms with Crippen molar-refractivity contribution in [3.63, 3.8) is 0 Å². The van der Waals surface area contributed by atoms with E-state index < -0.39 is 10.0 Å². The van der Waals surface area contributed by atoms with Gasteiger partial charge in [-0.05, 0) is 37.6 Å². The molecule has 27 heavy (non-hydrogen) atoms. The highest BCUT2D eigenvalue weighted by atomic mass is 32.2. The quantitative estimate of drug-likeness (QED) is 0.854. The summed E-state index contributed by atoms with van der Waals surface area (Å²) in [6.07, 6.45) is 0. The molecule has 1 N–H and O–H groups in total. The molecule has 0 bridgehead atoms. The van der Waals surface area contributed by atoms with E-state index in [1.165, 1.54) is 16.4 Å². The Morgan fingerprint density at radius 2 is 1.78 bits per heavy atom. The van der Waals surface area contributed by atoms with Crippen molar-refractivity contribution >= 4 is 15.9 Å². The van der Waals surface area contributed by atoms with Gasteiger partial charge in [0.25, 0.3) is 5.91 Å². The third kappa shape index (κ3) is 4.55. The summed E-state index contributed by atoms with van der Waals surface area (Å²) in [6.45, 7) is 5.32. The highest BCUT2D eigenvalue weighted by molar-refractivity contribution is 7.89. The van der Waals surface area contributed by atoms with Gasteiger partial charge >= 0.3 is 0 Å². The van der Waals surface area contributed by atoms with Crippen molar-refractivity contribution in [2.75, 3.05) is 26.3 Å². The summed E-state index contributed by atoms with van der Waals surface area (Å²) in [4.78, 5) is 12.7. The fourth-order valence-corrected chi connectivity index (χ4v) is 4.41. The number of carbonyl (C=O) groups excluding carboxylic acids is 1. The minimum Gasteiger partial charge on any atom is -0.379 e. The van der Waals surface area contributed by atoms with Gasteiger partial charge in [-0.25, -0.2) is 8.42 Å². The molecule has 3 rings (SSSR count). The second-order valence-electron chi connectivity index (χ2n) is 6.65. The van der Waals surface area contributed by atoms with Crippen LogP contribution >= 0.6 is 0 Å². The minimum absolute atomic E-state index is 0.125. The van der Waals surface area contributed by atoms with Gasteiger partial charge in [0, 0.05) is 18.7 Å². The highest BCUT2D eigenvalue weighted by Gasteiger charge is 2.27. The molecule has 0 radical (unpaired) electrons. The normalized spacial score (nSPS) is 16.7. The largest absolute Gasteiger partial charge is 0.379 e. The molecule has 1 saturated heterocycles. The van der Waals surface area contributed by atoms with Crippen LogP contribution in [0.1, 0.15) is 34.5 Å². The molecule has 0 spiro atoms. The van der Waals surface area contributed by atoms with E-state index in [-0.39, 0.29) is 16.8 Å². The molecular weight excluding hydrogens is 364 g/mol. The van der Waals surface area contributed by atoms with Crippen LogP contribution in [0.5, 0.6) is 0 Å². The molecule has 0 saturated carbocycles. The van der Waals surface area contributed by atoms with Gasteiger partial charge in [0.2, 0.25) is 10.0 Å². The number of aryl methyl sites for hydroxylation is 1. The lowest BCUT2D eigenvalue weighted by atomic mass is 10.1. The molecule has 7 heteroatoms. The average Bonchev–Trinajstić information content (AvgIpc) is 2.69. The number of carbonyl (C=O) groups is 1. The van der Waals surface area contributed by atoms with Crippen molar-refractivity contribution in [2.24, 2.45) is 0 Å². The number of hydrogen-bond acceptors (Lipinski definition) is 4. The predicted octanol–water partition coefficient (Wildman–Crippen LogP) is 2.51. The number of ether oxygens (including phenoxy) is 1. The van der Waals surface area contributed by atoms with E-state index in [4.69, 9.17) is 4.74 Å². The molecule has 1 aliphatic heterocycles. The zero-order valence-corrected chi connectivity index (χ0v) is 16.3. The van der Waals surface area contributed by atoms with Crippen LogP contribution in [0.3, 0.4) is 0 Å². The maximum Gasteiger partial charge on any atom is 0.251 e. The Morgan fingerprint density at radius 1 is 1.11 bits per heavy atom. The third-order valence-electron chi connectivity index (χ3n) is 4.63. The van der Waals surface area contributed by atoms with Crippen molar-refractivity contribution in [2.45, 2.75) is 24.8 Å². The Kier molecular flexibility index (Phi) is 5.94. The Bertz CT molecular complexity index is 904. The SMILES string of the molecule is Cc1ccc([C@H](C)NC(=O)c2cccc(S(=O)(=O)N3CCOCC3)c2)cc1. The zero-order chi connectivity index (χ0) is 19.4. The third-order valence-corrected chi connectivity index (χ3v) is 6.52. The van der Waals surface area contributed by atoms with Gasteiger partial charge in [-0.3, -0.25) is 4.79 Å². The van der Waals surface area contributed by atoms with Crippen molar-refractivity contribution in [1.29, 1.82) is 0 Å². The number of rotatable bonds is 5. The molecule has 0 aliphatic carbocycles. The first-order chi connectivity index (χ1) is 12.9. The topological polar surface area (TPSA) is 75.7 Å².